The van der Waals surface area contributed by atoms with Crippen molar-refractivity contribution in [3.8, 4) is 0 Å². The maximum atomic E-state index is 12.7. The Morgan fingerprint density at radius 3 is 2.70 bits per heavy atom. The van der Waals surface area contributed by atoms with Gasteiger partial charge >= 0.3 is 0 Å². The van der Waals surface area contributed by atoms with Crippen molar-refractivity contribution >= 4 is 5.91 Å². The number of nitrogens with zero attached hydrogens (tertiary/aromatic N) is 2. The molecular weight excluding hydrogens is 257 g/mol. The molecule has 4 nitrogen and oxygen atoms in total. The molecule has 0 saturated carbocycles. The highest BCUT2D eigenvalue weighted by molar-refractivity contribution is 5.94. The molecule has 0 atom stereocenters. The van der Waals surface area contributed by atoms with Crippen LogP contribution in [0.25, 0.3) is 0 Å². The zero-order valence-corrected chi connectivity index (χ0v) is 11.3. The number of hydrogen-bond acceptors (Lipinski definition) is 2. The number of unbranched alkanes of at least 4 members (excludes halogenated alkanes) is 2. The highest BCUT2D eigenvalue weighted by Gasteiger charge is 2.04. The zero-order chi connectivity index (χ0) is 14.2. The van der Waals surface area contributed by atoms with Gasteiger partial charge in [-0.1, -0.05) is 0 Å². The molecule has 0 aliphatic heterocycles. The first-order valence-electron chi connectivity index (χ1n) is 6.75. The van der Waals surface area contributed by atoms with E-state index in [0.717, 1.165) is 25.8 Å². The summed E-state index contributed by atoms with van der Waals surface area (Å²) in [6.45, 7) is 1.59. The lowest BCUT2D eigenvalue weighted by atomic mass is 10.2. The number of benzene rings is 1. The first-order valence-corrected chi connectivity index (χ1v) is 6.75. The summed E-state index contributed by atoms with van der Waals surface area (Å²) >= 11 is 0. The molecule has 0 unspecified atom stereocenters. The Morgan fingerprint density at radius 1 is 1.20 bits per heavy atom. The maximum Gasteiger partial charge on any atom is 0.251 e. The molecule has 1 aromatic heterocycles. The number of hydrogen-bond donors (Lipinski definition) is 1. The highest BCUT2D eigenvalue weighted by Crippen LogP contribution is 2.03. The minimum atomic E-state index is -0.332. The Labute approximate surface area is 117 Å². The van der Waals surface area contributed by atoms with E-state index in [4.69, 9.17) is 0 Å². The Hall–Kier alpha value is -2.17. The number of imidazole rings is 1. The summed E-state index contributed by atoms with van der Waals surface area (Å²) in [4.78, 5) is 15.7. The molecule has 0 fully saturated rings. The summed E-state index contributed by atoms with van der Waals surface area (Å²) in [6, 6.07) is 5.56. The van der Waals surface area contributed by atoms with E-state index in [1.807, 2.05) is 10.8 Å². The van der Waals surface area contributed by atoms with Crippen LogP contribution in [0.15, 0.2) is 43.0 Å². The van der Waals surface area contributed by atoms with Gasteiger partial charge in [0.15, 0.2) is 0 Å². The topological polar surface area (TPSA) is 46.9 Å². The summed E-state index contributed by atoms with van der Waals surface area (Å²) in [5.74, 6) is -0.485. The van der Waals surface area contributed by atoms with Gasteiger partial charge in [-0.05, 0) is 43.5 Å². The van der Waals surface area contributed by atoms with Gasteiger partial charge in [-0.3, -0.25) is 4.79 Å². The fourth-order valence-electron chi connectivity index (χ4n) is 1.92. The van der Waals surface area contributed by atoms with Crippen LogP contribution < -0.4 is 5.32 Å². The normalized spacial score (nSPS) is 10.4. The molecule has 0 radical (unpaired) electrons. The van der Waals surface area contributed by atoms with Crippen LogP contribution in [-0.4, -0.2) is 22.0 Å². The first-order chi connectivity index (χ1) is 9.75. The Bertz CT molecular complexity index is 523. The van der Waals surface area contributed by atoms with Crippen LogP contribution in [0.2, 0.25) is 0 Å². The van der Waals surface area contributed by atoms with Gasteiger partial charge in [-0.2, -0.15) is 0 Å². The van der Waals surface area contributed by atoms with E-state index in [1.54, 1.807) is 12.5 Å². The van der Waals surface area contributed by atoms with E-state index < -0.39 is 0 Å². The second-order valence-corrected chi connectivity index (χ2v) is 4.62. The lowest BCUT2D eigenvalue weighted by Crippen LogP contribution is -2.24. The molecule has 20 heavy (non-hydrogen) atoms. The van der Waals surface area contributed by atoms with Crippen LogP contribution in [0.4, 0.5) is 4.39 Å². The summed E-state index contributed by atoms with van der Waals surface area (Å²) < 4.78 is 14.8. The largest absolute Gasteiger partial charge is 0.352 e. The number of carbonyl (C=O) groups excluding carboxylic acids is 1. The summed E-state index contributed by atoms with van der Waals surface area (Å²) in [5.41, 5.74) is 0.491. The molecule has 1 amide bonds. The van der Waals surface area contributed by atoms with Crippen molar-refractivity contribution < 1.29 is 9.18 Å². The number of aryl methyl sites for hydroxylation is 1. The SMILES string of the molecule is O=C(NCCCCCn1ccnc1)c1ccc(F)cc1. The van der Waals surface area contributed by atoms with Crippen LogP contribution >= 0.6 is 0 Å². The van der Waals surface area contributed by atoms with Gasteiger partial charge in [-0.25, -0.2) is 9.37 Å². The van der Waals surface area contributed by atoms with E-state index in [1.165, 1.54) is 24.3 Å². The average molecular weight is 275 g/mol. The number of nitrogens with one attached hydrogen (secondary N) is 1. The fraction of sp³-hybridized carbons (Fsp3) is 0.333. The van der Waals surface area contributed by atoms with E-state index >= 15 is 0 Å². The predicted molar refractivity (Wildman–Crippen MR) is 74.8 cm³/mol. The molecule has 0 bridgehead atoms. The number of halogens is 1. The van der Waals surface area contributed by atoms with Crippen LogP contribution in [0.5, 0.6) is 0 Å². The number of carbonyl (C=O) groups is 1. The van der Waals surface area contributed by atoms with Gasteiger partial charge in [0.25, 0.3) is 5.91 Å². The lowest BCUT2D eigenvalue weighted by molar-refractivity contribution is 0.0953. The van der Waals surface area contributed by atoms with Crippen LogP contribution in [-0.2, 0) is 6.54 Å². The third-order valence-electron chi connectivity index (χ3n) is 3.04. The Balaban J connectivity index is 1.58. The number of amides is 1. The Kier molecular flexibility index (Phi) is 5.29. The van der Waals surface area contributed by atoms with Gasteiger partial charge in [0.05, 0.1) is 6.33 Å². The number of rotatable bonds is 7. The molecule has 1 aromatic carbocycles. The van der Waals surface area contributed by atoms with Crippen molar-refractivity contribution in [2.24, 2.45) is 0 Å². The molecule has 5 heteroatoms. The molecule has 0 saturated heterocycles. The molecule has 2 aromatic rings. The van der Waals surface area contributed by atoms with Gasteiger partial charge in [0, 0.05) is 31.0 Å². The van der Waals surface area contributed by atoms with Crippen molar-refractivity contribution in [3.63, 3.8) is 0 Å². The van der Waals surface area contributed by atoms with E-state index in [9.17, 15) is 9.18 Å². The summed E-state index contributed by atoms with van der Waals surface area (Å²) in [5, 5.41) is 2.83. The Morgan fingerprint density at radius 2 is 2.00 bits per heavy atom. The molecule has 2 rings (SSSR count). The monoisotopic (exact) mass is 275 g/mol. The molecule has 1 heterocycles. The van der Waals surface area contributed by atoms with Gasteiger partial charge in [0.2, 0.25) is 0 Å². The van der Waals surface area contributed by atoms with Crippen LogP contribution in [0, 0.1) is 5.82 Å². The molecule has 0 aliphatic rings. The van der Waals surface area contributed by atoms with Crippen LogP contribution in [0.1, 0.15) is 29.6 Å². The van der Waals surface area contributed by atoms with Gasteiger partial charge in [-0.15, -0.1) is 0 Å². The summed E-state index contributed by atoms with van der Waals surface area (Å²) in [7, 11) is 0. The fourth-order valence-corrected chi connectivity index (χ4v) is 1.92. The summed E-state index contributed by atoms with van der Waals surface area (Å²) in [6.07, 6.45) is 8.54. The van der Waals surface area contributed by atoms with Gasteiger partial charge < -0.3 is 9.88 Å². The van der Waals surface area contributed by atoms with Crippen molar-refractivity contribution in [2.75, 3.05) is 6.54 Å². The molecule has 1 N–H and O–H groups in total. The van der Waals surface area contributed by atoms with Crippen molar-refractivity contribution in [2.45, 2.75) is 25.8 Å². The van der Waals surface area contributed by atoms with Crippen LogP contribution in [0.3, 0.4) is 0 Å². The van der Waals surface area contributed by atoms with E-state index in [2.05, 4.69) is 10.3 Å². The second-order valence-electron chi connectivity index (χ2n) is 4.62. The first kappa shape index (κ1) is 14.2. The highest BCUT2D eigenvalue weighted by atomic mass is 19.1. The molecule has 0 aliphatic carbocycles. The molecule has 106 valence electrons. The van der Waals surface area contributed by atoms with Crippen molar-refractivity contribution in [3.05, 3.63) is 54.4 Å². The molecular formula is C15H18FN3O. The van der Waals surface area contributed by atoms with E-state index in [-0.39, 0.29) is 11.7 Å². The minimum Gasteiger partial charge on any atom is -0.352 e. The minimum absolute atomic E-state index is 0.153. The standard InChI is InChI=1S/C15H18FN3O/c16-14-6-4-13(5-7-14)15(20)18-8-2-1-3-10-19-11-9-17-12-19/h4-7,9,11-12H,1-3,8,10H2,(H,18,20). The van der Waals surface area contributed by atoms with Gasteiger partial charge in [0.1, 0.15) is 5.82 Å². The third-order valence-corrected chi connectivity index (χ3v) is 3.04. The lowest BCUT2D eigenvalue weighted by Gasteiger charge is -2.05. The quantitative estimate of drug-likeness (QED) is 0.790. The second kappa shape index (κ2) is 7.43. The van der Waals surface area contributed by atoms with Crippen molar-refractivity contribution in [1.29, 1.82) is 0 Å². The third kappa shape index (κ3) is 4.50. The average Bonchev–Trinajstić information content (AvgIpc) is 2.96. The number of aromatic nitrogens is 2. The zero-order valence-electron chi connectivity index (χ0n) is 11.3. The van der Waals surface area contributed by atoms with Crippen molar-refractivity contribution in [1.82, 2.24) is 14.9 Å². The maximum absolute atomic E-state index is 12.7. The smallest absolute Gasteiger partial charge is 0.251 e. The predicted octanol–water partition coefficient (Wildman–Crippen LogP) is 2.62. The molecule has 0 spiro atoms. The van der Waals surface area contributed by atoms with E-state index in [0.29, 0.717) is 12.1 Å².